The van der Waals surface area contributed by atoms with Crippen molar-refractivity contribution in [2.24, 2.45) is 5.16 Å². The second kappa shape index (κ2) is 10.4. The summed E-state index contributed by atoms with van der Waals surface area (Å²) in [6.07, 6.45) is 2.09. The van der Waals surface area contributed by atoms with E-state index in [4.69, 9.17) is 10.6 Å². The number of thioether (sulfide) groups is 2. The number of nitrogens with one attached hydrogen (secondary N) is 2. The molecule has 3 atom stereocenters. The predicted molar refractivity (Wildman–Crippen MR) is 128 cm³/mol. The Labute approximate surface area is 210 Å². The number of carboxylic acid groups (broad SMARTS) is 1. The van der Waals surface area contributed by atoms with Crippen LogP contribution in [0.15, 0.2) is 39.6 Å². The molecule has 35 heavy (non-hydrogen) atoms. The van der Waals surface area contributed by atoms with Crippen LogP contribution in [0.3, 0.4) is 0 Å². The van der Waals surface area contributed by atoms with Crippen molar-refractivity contribution in [2.75, 3.05) is 18.6 Å². The summed E-state index contributed by atoms with van der Waals surface area (Å²) in [6.45, 7) is 3.75. The molecule has 4 rings (SSSR count). The third kappa shape index (κ3) is 4.87. The average Bonchev–Trinajstić information content (AvgIpc) is 3.51. The first-order chi connectivity index (χ1) is 16.8. The van der Waals surface area contributed by atoms with Crippen molar-refractivity contribution < 1.29 is 24.3 Å². The second-order valence-electron chi connectivity index (χ2n) is 7.07. The van der Waals surface area contributed by atoms with E-state index in [1.807, 2.05) is 0 Å². The number of amides is 2. The quantitative estimate of drug-likeness (QED) is 0.105. The minimum absolute atomic E-state index is 0.117. The highest BCUT2D eigenvalue weighted by Gasteiger charge is 2.55. The number of carbonyl (C=O) groups excluding carboxylic acids is 2. The lowest BCUT2D eigenvalue weighted by Gasteiger charge is -2.50. The van der Waals surface area contributed by atoms with Crippen LogP contribution in [-0.4, -0.2) is 88.6 Å². The topological polar surface area (TPSA) is 202 Å². The second-order valence-corrected chi connectivity index (χ2v) is 10.3. The van der Waals surface area contributed by atoms with Gasteiger partial charge in [0.2, 0.25) is 5.16 Å². The van der Waals surface area contributed by atoms with Crippen LogP contribution in [0, 0.1) is 0 Å². The summed E-state index contributed by atoms with van der Waals surface area (Å²) in [6, 6.07) is -0.953. The number of H-pyrrole nitrogens is 1. The number of aromatic nitrogens is 5. The standard InChI is InChI=1S/C18H19N9O5S3/c1-3-4-9(35-18-22-25-26-23-18)7-5-33-15-11(14(29)27(15)12(7)16(30)31)21-13(28)10(24-32-2)8-6-34-17(19)20-8/h3,6,9,11,15H,1,4-5H2,2H3,(H2,19,20)(H,21,28)(H,30,31)(H,22,23,25,26)/t9?,11-,15+/m1/s1. The van der Waals surface area contributed by atoms with Gasteiger partial charge < -0.3 is 21.0 Å². The minimum atomic E-state index is -1.24. The molecule has 0 bridgehead atoms. The lowest BCUT2D eigenvalue weighted by atomic mass is 10.00. The first-order valence-electron chi connectivity index (χ1n) is 9.91. The van der Waals surface area contributed by atoms with Crippen molar-refractivity contribution in [2.45, 2.75) is 28.2 Å². The first kappa shape index (κ1) is 24.7. The van der Waals surface area contributed by atoms with E-state index in [9.17, 15) is 19.5 Å². The van der Waals surface area contributed by atoms with Crippen LogP contribution in [0.4, 0.5) is 5.13 Å². The number of carbonyl (C=O) groups is 3. The SMILES string of the molecule is C=CCC(Sc1nnn[nH]1)C1=C(C(=O)O)N2C(=O)[C@@H](NC(=O)C(=NOC)c3csc(N)n3)[C@@H]2SC1. The van der Waals surface area contributed by atoms with Gasteiger partial charge >= 0.3 is 5.97 Å². The lowest BCUT2D eigenvalue weighted by Crippen LogP contribution is -2.71. The Morgan fingerprint density at radius 3 is 2.97 bits per heavy atom. The number of nitrogen functional groups attached to an aromatic ring is 1. The van der Waals surface area contributed by atoms with Gasteiger partial charge in [-0.05, 0) is 22.4 Å². The third-order valence-corrected chi connectivity index (χ3v) is 8.13. The molecule has 2 aliphatic heterocycles. The van der Waals surface area contributed by atoms with E-state index in [2.05, 4.69) is 42.7 Å². The van der Waals surface area contributed by atoms with Crippen molar-refractivity contribution in [3.05, 3.63) is 35.0 Å². The zero-order chi connectivity index (χ0) is 25.1. The van der Waals surface area contributed by atoms with Crippen LogP contribution in [0.25, 0.3) is 0 Å². The van der Waals surface area contributed by atoms with Crippen molar-refractivity contribution in [1.82, 2.24) is 35.8 Å². The largest absolute Gasteiger partial charge is 0.477 e. The molecule has 2 aliphatic rings. The number of nitrogens with two attached hydrogens (primary N) is 1. The molecule has 2 aromatic rings. The Morgan fingerprint density at radius 2 is 2.37 bits per heavy atom. The maximum absolute atomic E-state index is 13.0. The van der Waals surface area contributed by atoms with Gasteiger partial charge in [0.05, 0.1) is 0 Å². The summed E-state index contributed by atoms with van der Waals surface area (Å²) in [4.78, 5) is 48.1. The summed E-state index contributed by atoms with van der Waals surface area (Å²) >= 11 is 3.71. The number of carboxylic acids is 1. The van der Waals surface area contributed by atoms with Crippen molar-refractivity contribution in [1.29, 1.82) is 0 Å². The number of β-lactam (4-membered cyclic amide) rings is 1. The summed E-state index contributed by atoms with van der Waals surface area (Å²) in [5, 5.41) is 31.1. The predicted octanol–water partition coefficient (Wildman–Crippen LogP) is 0.0645. The van der Waals surface area contributed by atoms with Gasteiger partial charge in [0, 0.05) is 16.4 Å². The Bertz CT molecular complexity index is 1210. The highest BCUT2D eigenvalue weighted by Crippen LogP contribution is 2.44. The van der Waals surface area contributed by atoms with Gasteiger partial charge in [0.15, 0.2) is 10.8 Å². The molecule has 4 heterocycles. The van der Waals surface area contributed by atoms with Gasteiger partial charge in [-0.2, -0.15) is 0 Å². The van der Waals surface area contributed by atoms with Crippen LogP contribution in [0.5, 0.6) is 0 Å². The molecule has 0 spiro atoms. The molecule has 0 aromatic carbocycles. The number of hydrogen-bond donors (Lipinski definition) is 4. The molecule has 0 aliphatic carbocycles. The number of nitrogens with zero attached hydrogens (tertiary/aromatic N) is 6. The highest BCUT2D eigenvalue weighted by atomic mass is 32.2. The van der Waals surface area contributed by atoms with Gasteiger partial charge in [0.1, 0.15) is 29.9 Å². The van der Waals surface area contributed by atoms with E-state index in [0.29, 0.717) is 22.9 Å². The van der Waals surface area contributed by atoms with E-state index in [-0.39, 0.29) is 27.5 Å². The molecule has 184 valence electrons. The van der Waals surface area contributed by atoms with Crippen molar-refractivity contribution in [3.63, 3.8) is 0 Å². The fourth-order valence-electron chi connectivity index (χ4n) is 3.54. The summed E-state index contributed by atoms with van der Waals surface area (Å²) in [5.74, 6) is -2.17. The van der Waals surface area contributed by atoms with Gasteiger partial charge in [-0.25, -0.2) is 14.9 Å². The molecule has 14 nitrogen and oxygen atoms in total. The number of aromatic amines is 1. The fraction of sp³-hybridized carbons (Fsp3) is 0.333. The molecule has 17 heteroatoms. The van der Waals surface area contributed by atoms with E-state index in [1.54, 1.807) is 6.08 Å². The Morgan fingerprint density at radius 1 is 1.57 bits per heavy atom. The van der Waals surface area contributed by atoms with Crippen LogP contribution in [0.1, 0.15) is 12.1 Å². The van der Waals surface area contributed by atoms with Gasteiger partial charge in [-0.15, -0.1) is 34.8 Å². The molecule has 0 saturated carbocycles. The number of hydrogen-bond acceptors (Lipinski definition) is 13. The Hall–Kier alpha value is -3.44. The average molecular weight is 538 g/mol. The van der Waals surface area contributed by atoms with Crippen molar-refractivity contribution >= 4 is 63.5 Å². The number of thiazole rings is 1. The zero-order valence-corrected chi connectivity index (χ0v) is 20.5. The molecule has 2 amide bonds. The number of rotatable bonds is 10. The molecule has 0 radical (unpaired) electrons. The fourth-order valence-corrected chi connectivity index (χ4v) is 6.63. The van der Waals surface area contributed by atoms with Gasteiger partial charge in [-0.3, -0.25) is 14.5 Å². The molecular weight excluding hydrogens is 518 g/mol. The summed E-state index contributed by atoms with van der Waals surface area (Å²) in [5.41, 5.74) is 6.12. The Kier molecular flexibility index (Phi) is 7.37. The lowest BCUT2D eigenvalue weighted by molar-refractivity contribution is -0.150. The van der Waals surface area contributed by atoms with Crippen molar-refractivity contribution in [3.8, 4) is 0 Å². The third-order valence-electron chi connectivity index (χ3n) is 5.00. The minimum Gasteiger partial charge on any atom is -0.477 e. The van der Waals surface area contributed by atoms with Gasteiger partial charge in [0.25, 0.3) is 11.8 Å². The number of allylic oxidation sites excluding steroid dienone is 1. The van der Waals surface area contributed by atoms with Crippen LogP contribution >= 0.6 is 34.9 Å². The maximum atomic E-state index is 13.0. The van der Waals surface area contributed by atoms with E-state index < -0.39 is 29.2 Å². The van der Waals surface area contributed by atoms with E-state index in [0.717, 1.165) is 11.3 Å². The first-order valence-corrected chi connectivity index (χ1v) is 12.7. The number of tetrazole rings is 1. The van der Waals surface area contributed by atoms with Crippen LogP contribution < -0.4 is 11.1 Å². The molecule has 1 saturated heterocycles. The zero-order valence-electron chi connectivity index (χ0n) is 18.1. The molecule has 2 aromatic heterocycles. The van der Waals surface area contributed by atoms with E-state index in [1.165, 1.54) is 40.9 Å². The molecule has 5 N–H and O–H groups in total. The Balaban J connectivity index is 1.56. The highest BCUT2D eigenvalue weighted by molar-refractivity contribution is 8.01. The number of oxime groups is 1. The maximum Gasteiger partial charge on any atom is 0.352 e. The summed E-state index contributed by atoms with van der Waals surface area (Å²) < 4.78 is 0. The number of anilines is 1. The van der Waals surface area contributed by atoms with Crippen LogP contribution in [0.2, 0.25) is 0 Å². The summed E-state index contributed by atoms with van der Waals surface area (Å²) in [7, 11) is 1.27. The normalized spacial score (nSPS) is 20.7. The van der Waals surface area contributed by atoms with Crippen LogP contribution in [-0.2, 0) is 19.2 Å². The monoisotopic (exact) mass is 537 g/mol. The number of aliphatic carboxylic acids is 1. The molecule has 1 fully saturated rings. The molecular formula is C18H19N9O5S3. The van der Waals surface area contributed by atoms with E-state index >= 15 is 0 Å². The number of fused-ring (bicyclic) bond motifs is 1. The van der Waals surface area contributed by atoms with Gasteiger partial charge in [-0.1, -0.05) is 23.0 Å². The molecule has 1 unspecified atom stereocenters. The smallest absolute Gasteiger partial charge is 0.352 e.